The van der Waals surface area contributed by atoms with E-state index in [0.717, 1.165) is 33.3 Å². The van der Waals surface area contributed by atoms with Crippen LogP contribution in [-0.4, -0.2) is 9.13 Å². The van der Waals surface area contributed by atoms with Gasteiger partial charge in [-0.05, 0) is 48.5 Å². The average molecular weight is 575 g/mol. The molecule has 10 rings (SSSR count). The van der Waals surface area contributed by atoms with E-state index in [2.05, 4.69) is 155 Å². The third-order valence-electron chi connectivity index (χ3n) is 9.31. The van der Waals surface area contributed by atoms with Gasteiger partial charge in [0, 0.05) is 54.8 Å². The predicted molar refractivity (Wildman–Crippen MR) is 188 cm³/mol. The third kappa shape index (κ3) is 3.41. The average Bonchev–Trinajstić information content (AvgIpc) is 3.76. The largest absolute Gasteiger partial charge is 0.456 e. The zero-order chi connectivity index (χ0) is 29.5. The van der Waals surface area contributed by atoms with Crippen molar-refractivity contribution in [2.24, 2.45) is 0 Å². The number of para-hydroxylation sites is 6. The SMILES string of the molecule is c1ccc(-n2c3ccccc3c3cccc(-c4cccc5c6ccccc6n(-c6ccc7oc8ccccc8c7c6)c45)c32)cc1. The lowest BCUT2D eigenvalue weighted by atomic mass is 9.99. The van der Waals surface area contributed by atoms with Gasteiger partial charge >= 0.3 is 0 Å². The van der Waals surface area contributed by atoms with E-state index in [0.29, 0.717) is 0 Å². The van der Waals surface area contributed by atoms with E-state index < -0.39 is 0 Å². The molecule has 0 saturated carbocycles. The Kier molecular flexibility index (Phi) is 5.00. The van der Waals surface area contributed by atoms with Gasteiger partial charge in [0.2, 0.25) is 0 Å². The smallest absolute Gasteiger partial charge is 0.135 e. The Balaban J connectivity index is 1.36. The molecule has 0 aliphatic heterocycles. The third-order valence-corrected chi connectivity index (χ3v) is 9.31. The Bertz CT molecular complexity index is 2760. The molecule has 45 heavy (non-hydrogen) atoms. The van der Waals surface area contributed by atoms with Crippen molar-refractivity contribution < 1.29 is 4.42 Å². The summed E-state index contributed by atoms with van der Waals surface area (Å²) in [5, 5.41) is 7.23. The van der Waals surface area contributed by atoms with Crippen molar-refractivity contribution in [2.75, 3.05) is 0 Å². The molecule has 7 aromatic carbocycles. The summed E-state index contributed by atoms with van der Waals surface area (Å²) in [6, 6.07) is 56.6. The molecule has 210 valence electrons. The molecule has 3 heteroatoms. The van der Waals surface area contributed by atoms with Crippen LogP contribution in [0.2, 0.25) is 0 Å². The number of fused-ring (bicyclic) bond motifs is 9. The molecule has 3 nitrogen and oxygen atoms in total. The maximum absolute atomic E-state index is 6.21. The number of hydrogen-bond acceptors (Lipinski definition) is 1. The van der Waals surface area contributed by atoms with Gasteiger partial charge in [0.15, 0.2) is 0 Å². The van der Waals surface area contributed by atoms with E-state index in [1.807, 2.05) is 12.1 Å². The minimum atomic E-state index is 0.901. The zero-order valence-electron chi connectivity index (χ0n) is 24.3. The van der Waals surface area contributed by atoms with Crippen molar-refractivity contribution in [1.29, 1.82) is 0 Å². The lowest BCUT2D eigenvalue weighted by molar-refractivity contribution is 0.669. The quantitative estimate of drug-likeness (QED) is 0.206. The monoisotopic (exact) mass is 574 g/mol. The molecule has 0 bridgehead atoms. The molecule has 10 aromatic rings. The second-order valence-corrected chi connectivity index (χ2v) is 11.7. The van der Waals surface area contributed by atoms with E-state index in [9.17, 15) is 0 Å². The molecular formula is C42H26N2O. The number of nitrogens with zero attached hydrogens (tertiary/aromatic N) is 2. The molecule has 0 fully saturated rings. The van der Waals surface area contributed by atoms with Crippen LogP contribution in [0.3, 0.4) is 0 Å². The van der Waals surface area contributed by atoms with E-state index in [1.54, 1.807) is 0 Å². The second kappa shape index (κ2) is 9.22. The molecule has 0 atom stereocenters. The normalized spacial score (nSPS) is 12.0. The molecule has 3 heterocycles. The van der Waals surface area contributed by atoms with Crippen molar-refractivity contribution in [3.05, 3.63) is 158 Å². The van der Waals surface area contributed by atoms with E-state index in [-0.39, 0.29) is 0 Å². The van der Waals surface area contributed by atoms with Crippen molar-refractivity contribution in [3.63, 3.8) is 0 Å². The highest BCUT2D eigenvalue weighted by Gasteiger charge is 2.21. The molecular weight excluding hydrogens is 548 g/mol. The number of rotatable bonds is 3. The fourth-order valence-corrected chi connectivity index (χ4v) is 7.44. The molecule has 3 aromatic heterocycles. The van der Waals surface area contributed by atoms with Crippen LogP contribution in [0, 0.1) is 0 Å². The Labute approximate surface area is 258 Å². The van der Waals surface area contributed by atoms with Gasteiger partial charge in [-0.2, -0.15) is 0 Å². The first kappa shape index (κ1) is 24.4. The van der Waals surface area contributed by atoms with Crippen LogP contribution in [0.15, 0.2) is 162 Å². The van der Waals surface area contributed by atoms with Gasteiger partial charge in [-0.15, -0.1) is 0 Å². The molecule has 0 spiro atoms. The van der Waals surface area contributed by atoms with Crippen molar-refractivity contribution in [2.45, 2.75) is 0 Å². The lowest BCUT2D eigenvalue weighted by Crippen LogP contribution is -1.98. The molecule has 0 aliphatic rings. The molecule has 0 aliphatic carbocycles. The van der Waals surface area contributed by atoms with E-state index in [1.165, 1.54) is 54.7 Å². The number of furan rings is 1. The van der Waals surface area contributed by atoms with Crippen molar-refractivity contribution in [3.8, 4) is 22.5 Å². The van der Waals surface area contributed by atoms with Crippen molar-refractivity contribution in [1.82, 2.24) is 9.13 Å². The van der Waals surface area contributed by atoms with Crippen LogP contribution in [0.4, 0.5) is 0 Å². The van der Waals surface area contributed by atoms with Gasteiger partial charge in [-0.3, -0.25) is 0 Å². The standard InChI is InChI=1S/C42H26N2O/c1-2-12-27(13-3-1)43-37-21-7-4-14-29(37)32-17-10-19-34(41(32)43)35-20-11-18-33-30-15-5-8-22-38(30)44(42(33)35)28-24-25-40-36(26-28)31-16-6-9-23-39(31)45-40/h1-26H. The highest BCUT2D eigenvalue weighted by Crippen LogP contribution is 2.43. The molecule has 0 N–H and O–H groups in total. The summed E-state index contributed by atoms with van der Waals surface area (Å²) in [5.74, 6) is 0. The van der Waals surface area contributed by atoms with Gasteiger partial charge in [-0.25, -0.2) is 0 Å². The van der Waals surface area contributed by atoms with Crippen LogP contribution in [0.25, 0.3) is 88.1 Å². The maximum Gasteiger partial charge on any atom is 0.135 e. The van der Waals surface area contributed by atoms with Crippen LogP contribution in [-0.2, 0) is 0 Å². The Morgan fingerprint density at radius 3 is 1.51 bits per heavy atom. The van der Waals surface area contributed by atoms with Crippen LogP contribution < -0.4 is 0 Å². The summed E-state index contributed by atoms with van der Waals surface area (Å²) in [7, 11) is 0. The highest BCUT2D eigenvalue weighted by atomic mass is 16.3. The van der Waals surface area contributed by atoms with Crippen molar-refractivity contribution >= 4 is 65.6 Å². The van der Waals surface area contributed by atoms with E-state index >= 15 is 0 Å². The Morgan fingerprint density at radius 1 is 0.333 bits per heavy atom. The maximum atomic E-state index is 6.21. The van der Waals surface area contributed by atoms with Crippen LogP contribution in [0.1, 0.15) is 0 Å². The highest BCUT2D eigenvalue weighted by molar-refractivity contribution is 6.19. The summed E-state index contributed by atoms with van der Waals surface area (Å²) in [4.78, 5) is 0. The van der Waals surface area contributed by atoms with Gasteiger partial charge in [0.05, 0.1) is 22.1 Å². The first-order valence-corrected chi connectivity index (χ1v) is 15.4. The van der Waals surface area contributed by atoms with Gasteiger partial charge in [0.25, 0.3) is 0 Å². The number of benzene rings is 7. The second-order valence-electron chi connectivity index (χ2n) is 11.7. The summed E-state index contributed by atoms with van der Waals surface area (Å²) in [6.07, 6.45) is 0. The fraction of sp³-hybridized carbons (Fsp3) is 0. The first-order valence-electron chi connectivity index (χ1n) is 15.4. The number of aromatic nitrogens is 2. The molecule has 0 saturated heterocycles. The molecule has 0 amide bonds. The van der Waals surface area contributed by atoms with Crippen LogP contribution in [0.5, 0.6) is 0 Å². The zero-order valence-corrected chi connectivity index (χ0v) is 24.3. The minimum absolute atomic E-state index is 0.901. The summed E-state index contributed by atoms with van der Waals surface area (Å²) in [6.45, 7) is 0. The molecule has 0 radical (unpaired) electrons. The van der Waals surface area contributed by atoms with Gasteiger partial charge in [0.1, 0.15) is 11.2 Å². The molecule has 0 unspecified atom stereocenters. The lowest BCUT2D eigenvalue weighted by Gasteiger charge is -2.15. The fourth-order valence-electron chi connectivity index (χ4n) is 7.44. The Morgan fingerprint density at radius 2 is 0.844 bits per heavy atom. The first-order chi connectivity index (χ1) is 22.3. The van der Waals surface area contributed by atoms with Gasteiger partial charge in [-0.1, -0.05) is 109 Å². The van der Waals surface area contributed by atoms with E-state index in [4.69, 9.17) is 4.42 Å². The van der Waals surface area contributed by atoms with Crippen LogP contribution >= 0.6 is 0 Å². The summed E-state index contributed by atoms with van der Waals surface area (Å²) >= 11 is 0. The summed E-state index contributed by atoms with van der Waals surface area (Å²) < 4.78 is 11.1. The topological polar surface area (TPSA) is 23.0 Å². The predicted octanol–water partition coefficient (Wildman–Crippen LogP) is 11.4. The van der Waals surface area contributed by atoms with Gasteiger partial charge < -0.3 is 13.6 Å². The Hall–Kier alpha value is -6.06. The number of hydrogen-bond donors (Lipinski definition) is 0. The summed E-state index contributed by atoms with van der Waals surface area (Å²) in [5.41, 5.74) is 11.3. The minimum Gasteiger partial charge on any atom is -0.456 e.